The summed E-state index contributed by atoms with van der Waals surface area (Å²) in [5.74, 6) is -1.29. The largest absolute Gasteiger partial charge is 0.450 e. The lowest BCUT2D eigenvalue weighted by Gasteiger charge is -2.29. The molecule has 120 valence electrons. The molecule has 0 aliphatic carbocycles. The molecule has 0 saturated carbocycles. The van der Waals surface area contributed by atoms with Gasteiger partial charge in [-0.3, -0.25) is 9.36 Å². The summed E-state index contributed by atoms with van der Waals surface area (Å²) in [7, 11) is -3.48. The molecule has 0 radical (unpaired) electrons. The molecule has 0 aromatic rings. The molecular formula is C14H29O5P. The van der Waals surface area contributed by atoms with Crippen molar-refractivity contribution in [3.05, 3.63) is 0 Å². The molecule has 0 bridgehead atoms. The van der Waals surface area contributed by atoms with E-state index in [1.807, 2.05) is 0 Å². The van der Waals surface area contributed by atoms with E-state index in [4.69, 9.17) is 13.8 Å². The van der Waals surface area contributed by atoms with Crippen LogP contribution in [0.4, 0.5) is 0 Å². The molecule has 20 heavy (non-hydrogen) atoms. The minimum Gasteiger partial charge on any atom is -0.450 e. The maximum atomic E-state index is 12.9. The van der Waals surface area contributed by atoms with Crippen molar-refractivity contribution in [1.29, 1.82) is 0 Å². The van der Waals surface area contributed by atoms with Crippen LogP contribution < -0.4 is 0 Å². The van der Waals surface area contributed by atoms with E-state index in [-0.39, 0.29) is 12.2 Å². The van der Waals surface area contributed by atoms with E-state index in [0.717, 1.165) is 19.3 Å². The van der Waals surface area contributed by atoms with Gasteiger partial charge in [-0.25, -0.2) is 0 Å². The van der Waals surface area contributed by atoms with Gasteiger partial charge in [0.1, 0.15) is 0 Å². The van der Waals surface area contributed by atoms with Crippen LogP contribution in [0.5, 0.6) is 0 Å². The Kier molecular flexibility index (Phi) is 9.36. The lowest BCUT2D eigenvalue weighted by Crippen LogP contribution is -2.23. The number of hydrogen-bond acceptors (Lipinski definition) is 5. The van der Waals surface area contributed by atoms with Gasteiger partial charge in [0.25, 0.3) is 0 Å². The lowest BCUT2D eigenvalue weighted by molar-refractivity contribution is -0.144. The predicted molar refractivity (Wildman–Crippen MR) is 79.7 cm³/mol. The van der Waals surface area contributed by atoms with Crippen molar-refractivity contribution >= 4 is 13.6 Å². The van der Waals surface area contributed by atoms with Crippen LogP contribution in [0.15, 0.2) is 0 Å². The van der Waals surface area contributed by atoms with Crippen LogP contribution in [-0.4, -0.2) is 24.0 Å². The molecule has 0 fully saturated rings. The summed E-state index contributed by atoms with van der Waals surface area (Å²) in [6.07, 6.45) is 2.81. The van der Waals surface area contributed by atoms with Crippen molar-refractivity contribution in [1.82, 2.24) is 0 Å². The molecule has 0 spiro atoms. The molecule has 0 N–H and O–H groups in total. The SMILES string of the molecule is CCCCC[C@H](OC(C)=O)P(=O)(OC(C)C)OC(C)C. The van der Waals surface area contributed by atoms with Crippen molar-refractivity contribution in [2.45, 2.75) is 85.3 Å². The highest BCUT2D eigenvalue weighted by atomic mass is 31.2. The van der Waals surface area contributed by atoms with E-state index in [1.165, 1.54) is 6.92 Å². The average molecular weight is 308 g/mol. The summed E-state index contributed by atoms with van der Waals surface area (Å²) in [6, 6.07) is 0. The highest BCUT2D eigenvalue weighted by molar-refractivity contribution is 7.54. The van der Waals surface area contributed by atoms with Crippen molar-refractivity contribution in [3.63, 3.8) is 0 Å². The molecule has 0 amide bonds. The van der Waals surface area contributed by atoms with E-state index in [0.29, 0.717) is 6.42 Å². The van der Waals surface area contributed by atoms with E-state index in [2.05, 4.69) is 6.92 Å². The van der Waals surface area contributed by atoms with Crippen LogP contribution in [0.2, 0.25) is 0 Å². The van der Waals surface area contributed by atoms with Crippen LogP contribution in [0.1, 0.15) is 67.2 Å². The van der Waals surface area contributed by atoms with E-state index >= 15 is 0 Å². The Morgan fingerprint density at radius 2 is 1.55 bits per heavy atom. The zero-order chi connectivity index (χ0) is 15.8. The minimum atomic E-state index is -3.48. The highest BCUT2D eigenvalue weighted by Gasteiger charge is 2.40. The second kappa shape index (κ2) is 9.54. The zero-order valence-electron chi connectivity index (χ0n) is 13.5. The molecule has 0 unspecified atom stereocenters. The van der Waals surface area contributed by atoms with Gasteiger partial charge in [-0.2, -0.15) is 0 Å². The van der Waals surface area contributed by atoms with Gasteiger partial charge >= 0.3 is 13.6 Å². The first-order chi connectivity index (χ1) is 9.21. The highest BCUT2D eigenvalue weighted by Crippen LogP contribution is 2.57. The Hall–Kier alpha value is -0.380. The molecule has 0 rings (SSSR count). The van der Waals surface area contributed by atoms with Gasteiger partial charge < -0.3 is 13.8 Å². The maximum Gasteiger partial charge on any atom is 0.371 e. The van der Waals surface area contributed by atoms with Crippen molar-refractivity contribution in [3.8, 4) is 0 Å². The number of hydrogen-bond donors (Lipinski definition) is 0. The van der Waals surface area contributed by atoms with Crippen molar-refractivity contribution in [2.24, 2.45) is 0 Å². The maximum absolute atomic E-state index is 12.9. The average Bonchev–Trinajstić information content (AvgIpc) is 2.25. The second-order valence-corrected chi connectivity index (χ2v) is 7.49. The zero-order valence-corrected chi connectivity index (χ0v) is 14.4. The molecule has 0 aliphatic rings. The van der Waals surface area contributed by atoms with Gasteiger partial charge in [0.2, 0.25) is 5.85 Å². The molecule has 6 heteroatoms. The molecule has 0 aromatic heterocycles. The summed E-state index contributed by atoms with van der Waals surface area (Å²) in [4.78, 5) is 11.3. The van der Waals surface area contributed by atoms with Gasteiger partial charge in [0, 0.05) is 6.92 Å². The van der Waals surface area contributed by atoms with Gasteiger partial charge in [0.05, 0.1) is 12.2 Å². The summed E-state index contributed by atoms with van der Waals surface area (Å²) >= 11 is 0. The molecule has 0 aromatic carbocycles. The fourth-order valence-electron chi connectivity index (χ4n) is 1.79. The van der Waals surface area contributed by atoms with E-state index in [9.17, 15) is 9.36 Å². The quantitative estimate of drug-likeness (QED) is 0.338. The van der Waals surface area contributed by atoms with E-state index in [1.54, 1.807) is 27.7 Å². The standard InChI is InChI=1S/C14H29O5P/c1-7-8-9-10-14(17-13(6)15)20(16,18-11(2)3)19-12(4)5/h11-12,14H,7-10H2,1-6H3/t14-/m1/s1. The fraction of sp³-hybridized carbons (Fsp3) is 0.929. The number of rotatable bonds is 10. The minimum absolute atomic E-state index is 0.260. The third-order valence-corrected chi connectivity index (χ3v) is 4.92. The number of carbonyl (C=O) groups is 1. The molecule has 0 saturated heterocycles. The first-order valence-corrected chi connectivity index (χ1v) is 8.96. The Balaban J connectivity index is 5.04. The number of esters is 1. The van der Waals surface area contributed by atoms with Crippen molar-refractivity contribution < 1.29 is 23.1 Å². The van der Waals surface area contributed by atoms with Crippen LogP contribution >= 0.6 is 7.60 Å². The van der Waals surface area contributed by atoms with Crippen LogP contribution in [-0.2, 0) is 23.1 Å². The molecule has 5 nitrogen and oxygen atoms in total. The Morgan fingerprint density at radius 3 is 1.90 bits per heavy atom. The summed E-state index contributed by atoms with van der Waals surface area (Å²) in [6.45, 7) is 10.5. The molecule has 0 aliphatic heterocycles. The summed E-state index contributed by atoms with van der Waals surface area (Å²) in [5, 5.41) is 0. The molecular weight excluding hydrogens is 279 g/mol. The summed E-state index contributed by atoms with van der Waals surface area (Å²) in [5.41, 5.74) is 0. The fourth-order valence-corrected chi connectivity index (χ4v) is 4.06. The van der Waals surface area contributed by atoms with Gasteiger partial charge in [-0.15, -0.1) is 0 Å². The number of carbonyl (C=O) groups excluding carboxylic acids is 1. The molecule has 0 heterocycles. The topological polar surface area (TPSA) is 61.8 Å². The Morgan fingerprint density at radius 1 is 1.05 bits per heavy atom. The van der Waals surface area contributed by atoms with Crippen molar-refractivity contribution in [2.75, 3.05) is 0 Å². The monoisotopic (exact) mass is 308 g/mol. The smallest absolute Gasteiger partial charge is 0.371 e. The van der Waals surface area contributed by atoms with Gasteiger partial charge in [-0.05, 0) is 40.5 Å². The first-order valence-electron chi connectivity index (χ1n) is 7.35. The number of ether oxygens (including phenoxy) is 1. The Labute approximate surface area is 122 Å². The molecule has 1 atom stereocenters. The van der Waals surface area contributed by atoms with Crippen LogP contribution in [0, 0.1) is 0 Å². The van der Waals surface area contributed by atoms with Crippen LogP contribution in [0.25, 0.3) is 0 Å². The number of unbranched alkanes of at least 4 members (excludes halogenated alkanes) is 2. The lowest BCUT2D eigenvalue weighted by atomic mass is 10.2. The first kappa shape index (κ1) is 19.6. The normalized spacial score (nSPS) is 13.8. The van der Waals surface area contributed by atoms with E-state index < -0.39 is 19.4 Å². The third-order valence-electron chi connectivity index (χ3n) is 2.42. The van der Waals surface area contributed by atoms with Gasteiger partial charge in [0.15, 0.2) is 0 Å². The van der Waals surface area contributed by atoms with Gasteiger partial charge in [-0.1, -0.05) is 19.8 Å². The second-order valence-electron chi connectivity index (χ2n) is 5.41. The Bertz CT molecular complexity index is 314. The summed E-state index contributed by atoms with van der Waals surface area (Å²) < 4.78 is 29.2. The predicted octanol–water partition coefficient (Wildman–Crippen LogP) is 4.50. The third kappa shape index (κ3) is 8.03. The van der Waals surface area contributed by atoms with Crippen LogP contribution in [0.3, 0.4) is 0 Å².